The monoisotopic (exact) mass is 354 g/mol. The maximum absolute atomic E-state index is 12.5. The van der Waals surface area contributed by atoms with Crippen molar-refractivity contribution in [3.63, 3.8) is 0 Å². The summed E-state index contributed by atoms with van der Waals surface area (Å²) in [4.78, 5) is 26.1. The minimum absolute atomic E-state index is 0.0243. The molecule has 0 fully saturated rings. The molecule has 0 aliphatic carbocycles. The van der Waals surface area contributed by atoms with E-state index in [1.807, 2.05) is 25.1 Å². The van der Waals surface area contributed by atoms with Crippen molar-refractivity contribution in [2.24, 2.45) is 0 Å². The van der Waals surface area contributed by atoms with Crippen LogP contribution in [0, 0.1) is 0 Å². The molecule has 134 valence electrons. The van der Waals surface area contributed by atoms with E-state index < -0.39 is 0 Å². The molecule has 0 radical (unpaired) electrons. The first-order valence-electron chi connectivity index (χ1n) is 8.39. The third-order valence-electron chi connectivity index (χ3n) is 4.37. The van der Waals surface area contributed by atoms with Crippen molar-refractivity contribution < 1.29 is 23.8 Å². The highest BCUT2D eigenvalue weighted by atomic mass is 16.7. The molecule has 0 bridgehead atoms. The molecule has 1 N–H and O–H groups in total. The van der Waals surface area contributed by atoms with Gasteiger partial charge in [0.15, 0.2) is 18.1 Å². The summed E-state index contributed by atoms with van der Waals surface area (Å²) >= 11 is 0. The summed E-state index contributed by atoms with van der Waals surface area (Å²) in [7, 11) is 0. The Morgan fingerprint density at radius 3 is 2.73 bits per heavy atom. The van der Waals surface area contributed by atoms with Gasteiger partial charge in [-0.25, -0.2) is 0 Å². The molecule has 4 rings (SSSR count). The summed E-state index contributed by atoms with van der Waals surface area (Å²) in [5.41, 5.74) is 2.01. The van der Waals surface area contributed by atoms with Crippen LogP contribution in [0.4, 0.5) is 5.69 Å². The number of ether oxygens (including phenoxy) is 3. The number of nitrogens with one attached hydrogen (secondary N) is 1. The van der Waals surface area contributed by atoms with E-state index in [0.717, 1.165) is 5.56 Å². The Morgan fingerprint density at radius 1 is 1.08 bits per heavy atom. The summed E-state index contributed by atoms with van der Waals surface area (Å²) < 4.78 is 16.0. The summed E-state index contributed by atoms with van der Waals surface area (Å²) in [5.74, 6) is 1.66. The van der Waals surface area contributed by atoms with Gasteiger partial charge in [0.05, 0.1) is 5.69 Å². The Kier molecular flexibility index (Phi) is 4.12. The van der Waals surface area contributed by atoms with E-state index in [1.54, 1.807) is 23.1 Å². The Morgan fingerprint density at radius 2 is 1.88 bits per heavy atom. The van der Waals surface area contributed by atoms with Gasteiger partial charge in [0.25, 0.3) is 11.8 Å². The Bertz CT molecular complexity index is 880. The van der Waals surface area contributed by atoms with Crippen molar-refractivity contribution in [3.8, 4) is 17.2 Å². The SMILES string of the molecule is CCN1C(=O)COc2ccc(C(=O)NCc3ccc4c(c3)OCO4)cc21. The standard InChI is InChI=1S/C19H18N2O5/c1-2-21-14-8-13(4-6-15(14)24-10-18(21)22)19(23)20-9-12-3-5-16-17(7-12)26-11-25-16/h3-8H,2,9-11H2,1H3,(H,20,23). The molecule has 0 saturated heterocycles. The number of fused-ring (bicyclic) bond motifs is 2. The van der Waals surface area contributed by atoms with Crippen LogP contribution in [0.5, 0.6) is 17.2 Å². The predicted octanol–water partition coefficient (Wildman–Crippen LogP) is 2.09. The third-order valence-corrected chi connectivity index (χ3v) is 4.37. The van der Waals surface area contributed by atoms with Crippen LogP contribution >= 0.6 is 0 Å². The number of likely N-dealkylation sites (N-methyl/N-ethyl adjacent to an activating group) is 1. The Hall–Kier alpha value is -3.22. The highest BCUT2D eigenvalue weighted by molar-refractivity contribution is 6.01. The smallest absolute Gasteiger partial charge is 0.265 e. The minimum Gasteiger partial charge on any atom is -0.482 e. The average molecular weight is 354 g/mol. The normalized spacial score (nSPS) is 14.7. The zero-order valence-electron chi connectivity index (χ0n) is 14.3. The second-order valence-corrected chi connectivity index (χ2v) is 5.98. The van der Waals surface area contributed by atoms with Crippen LogP contribution in [0.3, 0.4) is 0 Å². The lowest BCUT2D eigenvalue weighted by atomic mass is 10.1. The molecule has 0 saturated carbocycles. The molecular formula is C19H18N2O5. The summed E-state index contributed by atoms with van der Waals surface area (Å²) in [6.45, 7) is 3.02. The lowest BCUT2D eigenvalue weighted by Gasteiger charge is -2.28. The Balaban J connectivity index is 1.48. The highest BCUT2D eigenvalue weighted by Crippen LogP contribution is 2.33. The lowest BCUT2D eigenvalue weighted by Crippen LogP contribution is -2.38. The maximum Gasteiger partial charge on any atom is 0.265 e. The van der Waals surface area contributed by atoms with Crippen LogP contribution in [-0.2, 0) is 11.3 Å². The first-order chi connectivity index (χ1) is 12.7. The van der Waals surface area contributed by atoms with E-state index >= 15 is 0 Å². The molecule has 2 heterocycles. The number of anilines is 1. The number of benzene rings is 2. The van der Waals surface area contributed by atoms with Gasteiger partial charge in [0.1, 0.15) is 5.75 Å². The topological polar surface area (TPSA) is 77.1 Å². The average Bonchev–Trinajstić information content (AvgIpc) is 3.13. The van der Waals surface area contributed by atoms with Gasteiger partial charge in [-0.05, 0) is 42.8 Å². The van der Waals surface area contributed by atoms with Crippen LogP contribution < -0.4 is 24.4 Å². The fraction of sp³-hybridized carbons (Fsp3) is 0.263. The van der Waals surface area contributed by atoms with Gasteiger partial charge < -0.3 is 24.4 Å². The number of hydrogen-bond acceptors (Lipinski definition) is 5. The molecule has 26 heavy (non-hydrogen) atoms. The van der Waals surface area contributed by atoms with Gasteiger partial charge in [0, 0.05) is 18.7 Å². The van der Waals surface area contributed by atoms with Gasteiger partial charge in [-0.2, -0.15) is 0 Å². The molecule has 0 atom stereocenters. The number of hydrogen-bond donors (Lipinski definition) is 1. The van der Waals surface area contributed by atoms with Gasteiger partial charge >= 0.3 is 0 Å². The predicted molar refractivity (Wildman–Crippen MR) is 93.7 cm³/mol. The third kappa shape index (κ3) is 2.92. The van der Waals surface area contributed by atoms with E-state index in [0.29, 0.717) is 41.6 Å². The zero-order valence-corrected chi connectivity index (χ0v) is 14.3. The molecule has 2 aliphatic rings. The molecule has 2 aromatic carbocycles. The minimum atomic E-state index is -0.223. The van der Waals surface area contributed by atoms with Crippen LogP contribution in [0.2, 0.25) is 0 Å². The number of rotatable bonds is 4. The second-order valence-electron chi connectivity index (χ2n) is 5.98. The Labute approximate surface area is 150 Å². The highest BCUT2D eigenvalue weighted by Gasteiger charge is 2.25. The second kappa shape index (κ2) is 6.59. The van der Waals surface area contributed by atoms with E-state index in [2.05, 4.69) is 5.32 Å². The van der Waals surface area contributed by atoms with Gasteiger partial charge in [-0.1, -0.05) is 6.07 Å². The molecule has 7 heteroatoms. The summed E-state index contributed by atoms with van der Waals surface area (Å²) in [5, 5.41) is 2.88. The largest absolute Gasteiger partial charge is 0.482 e. The molecule has 2 amide bonds. The van der Waals surface area contributed by atoms with E-state index in [1.165, 1.54) is 0 Å². The molecule has 7 nitrogen and oxygen atoms in total. The number of carbonyl (C=O) groups is 2. The van der Waals surface area contributed by atoms with Crippen molar-refractivity contribution in [2.75, 3.05) is 24.8 Å². The van der Waals surface area contributed by atoms with Crippen LogP contribution in [0.1, 0.15) is 22.8 Å². The van der Waals surface area contributed by atoms with Gasteiger partial charge in [0.2, 0.25) is 6.79 Å². The van der Waals surface area contributed by atoms with Crippen molar-refractivity contribution in [2.45, 2.75) is 13.5 Å². The molecular weight excluding hydrogens is 336 g/mol. The fourth-order valence-corrected chi connectivity index (χ4v) is 3.03. The van der Waals surface area contributed by atoms with Crippen molar-refractivity contribution >= 4 is 17.5 Å². The number of carbonyl (C=O) groups excluding carboxylic acids is 2. The first-order valence-corrected chi connectivity index (χ1v) is 8.39. The van der Waals surface area contributed by atoms with Crippen LogP contribution in [0.25, 0.3) is 0 Å². The molecule has 2 aromatic rings. The maximum atomic E-state index is 12.5. The molecule has 2 aliphatic heterocycles. The molecule has 0 spiro atoms. The number of nitrogens with zero attached hydrogens (tertiary/aromatic N) is 1. The van der Waals surface area contributed by atoms with Crippen molar-refractivity contribution in [3.05, 3.63) is 47.5 Å². The van der Waals surface area contributed by atoms with Crippen molar-refractivity contribution in [1.82, 2.24) is 5.32 Å². The van der Waals surface area contributed by atoms with Crippen LogP contribution in [0.15, 0.2) is 36.4 Å². The fourth-order valence-electron chi connectivity index (χ4n) is 3.03. The molecule has 0 unspecified atom stereocenters. The number of amides is 2. The first kappa shape index (κ1) is 16.3. The van der Waals surface area contributed by atoms with E-state index in [4.69, 9.17) is 14.2 Å². The van der Waals surface area contributed by atoms with Gasteiger partial charge in [-0.15, -0.1) is 0 Å². The zero-order chi connectivity index (χ0) is 18.1. The van der Waals surface area contributed by atoms with Crippen LogP contribution in [-0.4, -0.2) is 31.8 Å². The quantitative estimate of drug-likeness (QED) is 0.910. The van der Waals surface area contributed by atoms with Crippen molar-refractivity contribution in [1.29, 1.82) is 0 Å². The van der Waals surface area contributed by atoms with E-state index in [-0.39, 0.29) is 25.2 Å². The summed E-state index contributed by atoms with van der Waals surface area (Å²) in [6, 6.07) is 10.7. The van der Waals surface area contributed by atoms with Gasteiger partial charge in [-0.3, -0.25) is 9.59 Å². The summed E-state index contributed by atoms with van der Waals surface area (Å²) in [6.07, 6.45) is 0. The molecule has 0 aromatic heterocycles. The van der Waals surface area contributed by atoms with E-state index in [9.17, 15) is 9.59 Å². The lowest BCUT2D eigenvalue weighted by molar-refractivity contribution is -0.121.